The van der Waals surface area contributed by atoms with Crippen molar-refractivity contribution in [2.75, 3.05) is 18.5 Å². The van der Waals surface area contributed by atoms with Crippen LogP contribution in [0.5, 0.6) is 5.75 Å². The molecule has 0 aliphatic carbocycles. The van der Waals surface area contributed by atoms with Crippen LogP contribution in [-0.2, 0) is 4.79 Å². The summed E-state index contributed by atoms with van der Waals surface area (Å²) in [6, 6.07) is 5.94. The number of nitrogens with one attached hydrogen (secondary N) is 1. The van der Waals surface area contributed by atoms with E-state index in [9.17, 15) is 4.79 Å². The lowest BCUT2D eigenvalue weighted by atomic mass is 9.97. The summed E-state index contributed by atoms with van der Waals surface area (Å²) in [7, 11) is 0. The molecule has 3 N–H and O–H groups in total. The van der Waals surface area contributed by atoms with E-state index in [1.165, 1.54) is 5.56 Å². The van der Waals surface area contributed by atoms with Crippen LogP contribution < -0.4 is 15.8 Å². The summed E-state index contributed by atoms with van der Waals surface area (Å²) in [5.41, 5.74) is 7.51. The van der Waals surface area contributed by atoms with Gasteiger partial charge in [0.15, 0.2) is 0 Å². The Morgan fingerprint density at radius 1 is 1.53 bits per heavy atom. The topological polar surface area (TPSA) is 64.3 Å². The maximum Gasteiger partial charge on any atom is 0.227 e. The molecule has 1 aliphatic heterocycles. The summed E-state index contributed by atoms with van der Waals surface area (Å²) in [5, 5.41) is 2.86. The summed E-state index contributed by atoms with van der Waals surface area (Å²) >= 11 is 0. The highest BCUT2D eigenvalue weighted by Gasteiger charge is 2.15. The largest absolute Gasteiger partial charge is 0.491 e. The molecule has 1 atom stereocenters. The van der Waals surface area contributed by atoms with Gasteiger partial charge >= 0.3 is 0 Å². The minimum atomic E-state index is 0.00683. The van der Waals surface area contributed by atoms with Gasteiger partial charge in [0.2, 0.25) is 5.91 Å². The Labute approximate surface area is 101 Å². The molecule has 1 heterocycles. The number of rotatable bonds is 3. The maximum absolute atomic E-state index is 11.4. The lowest BCUT2D eigenvalue weighted by molar-refractivity contribution is -0.116. The van der Waals surface area contributed by atoms with Crippen molar-refractivity contribution in [3.63, 3.8) is 0 Å². The molecule has 1 unspecified atom stereocenters. The van der Waals surface area contributed by atoms with Gasteiger partial charge in [0, 0.05) is 0 Å². The van der Waals surface area contributed by atoms with Crippen molar-refractivity contribution >= 4 is 11.6 Å². The van der Waals surface area contributed by atoms with Gasteiger partial charge in [-0.2, -0.15) is 0 Å². The monoisotopic (exact) mass is 234 g/mol. The van der Waals surface area contributed by atoms with Gasteiger partial charge < -0.3 is 15.8 Å². The van der Waals surface area contributed by atoms with Crippen LogP contribution in [0.3, 0.4) is 0 Å². The van der Waals surface area contributed by atoms with Crippen LogP contribution in [0, 0.1) is 0 Å². The predicted octanol–water partition coefficient (Wildman–Crippen LogP) is 1.86. The number of fused-ring (bicyclic) bond motifs is 1. The van der Waals surface area contributed by atoms with Crippen LogP contribution in [0.15, 0.2) is 18.2 Å². The van der Waals surface area contributed by atoms with Crippen molar-refractivity contribution in [3.8, 4) is 5.75 Å². The van der Waals surface area contributed by atoms with E-state index in [2.05, 4.69) is 12.2 Å². The summed E-state index contributed by atoms with van der Waals surface area (Å²) < 4.78 is 5.51. The van der Waals surface area contributed by atoms with E-state index >= 15 is 0 Å². The van der Waals surface area contributed by atoms with E-state index in [1.54, 1.807) is 0 Å². The fraction of sp³-hybridized carbons (Fsp3) is 0.462. The standard InChI is InChI=1S/C13H18N2O2/c1-9(4-6-14)10-2-3-12-11(8-10)15-13(16)5-7-17-12/h2-3,8-9H,4-7,14H2,1H3,(H,15,16). The Bertz CT molecular complexity index is 418. The number of amides is 1. The van der Waals surface area contributed by atoms with E-state index in [0.29, 0.717) is 25.5 Å². The van der Waals surface area contributed by atoms with Crippen molar-refractivity contribution < 1.29 is 9.53 Å². The Morgan fingerprint density at radius 3 is 3.12 bits per heavy atom. The second kappa shape index (κ2) is 5.19. The van der Waals surface area contributed by atoms with Gasteiger partial charge in [0.1, 0.15) is 5.75 Å². The molecule has 0 saturated carbocycles. The van der Waals surface area contributed by atoms with E-state index < -0.39 is 0 Å². The third kappa shape index (κ3) is 2.77. The van der Waals surface area contributed by atoms with Gasteiger partial charge in [-0.1, -0.05) is 13.0 Å². The van der Waals surface area contributed by atoms with Crippen molar-refractivity contribution in [1.29, 1.82) is 0 Å². The average molecular weight is 234 g/mol. The first-order valence-electron chi connectivity index (χ1n) is 5.97. The Hall–Kier alpha value is -1.55. The normalized spacial score (nSPS) is 16.5. The van der Waals surface area contributed by atoms with Crippen LogP contribution in [0.1, 0.15) is 31.2 Å². The number of carbonyl (C=O) groups is 1. The summed E-state index contributed by atoms with van der Waals surface area (Å²) in [4.78, 5) is 11.4. The lowest BCUT2D eigenvalue weighted by Gasteiger charge is -2.14. The van der Waals surface area contributed by atoms with Crippen molar-refractivity contribution in [1.82, 2.24) is 0 Å². The zero-order valence-corrected chi connectivity index (χ0v) is 10.0. The number of anilines is 1. The molecule has 0 bridgehead atoms. The van der Waals surface area contributed by atoms with E-state index in [-0.39, 0.29) is 5.91 Å². The molecule has 2 rings (SSSR count). The molecule has 1 aliphatic rings. The molecule has 1 aromatic rings. The summed E-state index contributed by atoms with van der Waals surface area (Å²) in [6.07, 6.45) is 1.34. The number of carbonyl (C=O) groups excluding carboxylic acids is 1. The molecule has 92 valence electrons. The van der Waals surface area contributed by atoms with Gasteiger partial charge in [-0.15, -0.1) is 0 Å². The minimum absolute atomic E-state index is 0.00683. The highest BCUT2D eigenvalue weighted by molar-refractivity contribution is 5.93. The first kappa shape index (κ1) is 11.9. The smallest absolute Gasteiger partial charge is 0.227 e. The fourth-order valence-electron chi connectivity index (χ4n) is 1.96. The molecular weight excluding hydrogens is 216 g/mol. The first-order valence-corrected chi connectivity index (χ1v) is 5.97. The van der Waals surface area contributed by atoms with Crippen LogP contribution >= 0.6 is 0 Å². The molecule has 0 radical (unpaired) electrons. The highest BCUT2D eigenvalue weighted by Crippen LogP contribution is 2.31. The van der Waals surface area contributed by atoms with Gasteiger partial charge in [-0.25, -0.2) is 0 Å². The Balaban J connectivity index is 2.25. The quantitative estimate of drug-likeness (QED) is 0.839. The SMILES string of the molecule is CC(CCN)c1ccc2c(c1)NC(=O)CCO2. The molecule has 0 saturated heterocycles. The summed E-state index contributed by atoms with van der Waals surface area (Å²) in [6.45, 7) is 3.24. The third-order valence-corrected chi connectivity index (χ3v) is 3.03. The van der Waals surface area contributed by atoms with Crippen LogP contribution in [0.25, 0.3) is 0 Å². The third-order valence-electron chi connectivity index (χ3n) is 3.03. The minimum Gasteiger partial charge on any atom is -0.491 e. The van der Waals surface area contributed by atoms with Gasteiger partial charge in [0.25, 0.3) is 0 Å². The molecule has 0 spiro atoms. The van der Waals surface area contributed by atoms with Gasteiger partial charge in [-0.3, -0.25) is 4.79 Å². The number of benzene rings is 1. The molecule has 4 nitrogen and oxygen atoms in total. The van der Waals surface area contributed by atoms with Crippen molar-refractivity contribution in [3.05, 3.63) is 23.8 Å². The van der Waals surface area contributed by atoms with Crippen LogP contribution in [-0.4, -0.2) is 19.1 Å². The Morgan fingerprint density at radius 2 is 2.35 bits per heavy atom. The maximum atomic E-state index is 11.4. The van der Waals surface area contributed by atoms with Crippen molar-refractivity contribution in [2.24, 2.45) is 5.73 Å². The highest BCUT2D eigenvalue weighted by atomic mass is 16.5. The van der Waals surface area contributed by atoms with Crippen LogP contribution in [0.4, 0.5) is 5.69 Å². The number of nitrogens with two attached hydrogens (primary N) is 1. The number of hydrogen-bond donors (Lipinski definition) is 2. The second-order valence-corrected chi connectivity index (χ2v) is 4.38. The lowest BCUT2D eigenvalue weighted by Crippen LogP contribution is -2.11. The zero-order chi connectivity index (χ0) is 12.3. The van der Waals surface area contributed by atoms with Crippen molar-refractivity contribution in [2.45, 2.75) is 25.7 Å². The predicted molar refractivity (Wildman–Crippen MR) is 67.3 cm³/mol. The molecule has 17 heavy (non-hydrogen) atoms. The van der Waals surface area contributed by atoms with E-state index in [0.717, 1.165) is 17.9 Å². The average Bonchev–Trinajstić information content (AvgIpc) is 2.49. The molecule has 4 heteroatoms. The molecule has 0 aromatic heterocycles. The molecular formula is C13H18N2O2. The Kier molecular flexibility index (Phi) is 3.64. The van der Waals surface area contributed by atoms with Gasteiger partial charge in [0.05, 0.1) is 18.7 Å². The second-order valence-electron chi connectivity index (χ2n) is 4.38. The number of hydrogen-bond acceptors (Lipinski definition) is 3. The van der Waals surface area contributed by atoms with E-state index in [4.69, 9.17) is 10.5 Å². The molecule has 1 aromatic carbocycles. The molecule has 0 fully saturated rings. The van der Waals surface area contributed by atoms with Crippen LogP contribution in [0.2, 0.25) is 0 Å². The number of ether oxygens (including phenoxy) is 1. The first-order chi connectivity index (χ1) is 8.20. The van der Waals surface area contributed by atoms with Gasteiger partial charge in [-0.05, 0) is 36.6 Å². The zero-order valence-electron chi connectivity index (χ0n) is 10.0. The molecule has 1 amide bonds. The van der Waals surface area contributed by atoms with E-state index in [1.807, 2.05) is 18.2 Å². The summed E-state index contributed by atoms with van der Waals surface area (Å²) in [5.74, 6) is 1.15. The fourth-order valence-corrected chi connectivity index (χ4v) is 1.96.